The van der Waals surface area contributed by atoms with E-state index < -0.39 is 0 Å². The highest BCUT2D eigenvalue weighted by Gasteiger charge is 2.33. The number of amides is 2. The lowest BCUT2D eigenvalue weighted by atomic mass is 10.1. The Labute approximate surface area is 190 Å². The smallest absolute Gasteiger partial charge is 0.242 e. The van der Waals surface area contributed by atoms with Crippen LogP contribution < -0.4 is 4.74 Å². The van der Waals surface area contributed by atoms with Crippen molar-refractivity contribution in [1.29, 1.82) is 0 Å². The highest BCUT2D eigenvalue weighted by molar-refractivity contribution is 5.85. The Morgan fingerprint density at radius 2 is 1.81 bits per heavy atom. The first-order valence-electron chi connectivity index (χ1n) is 11.4. The van der Waals surface area contributed by atoms with Gasteiger partial charge in [0.1, 0.15) is 5.75 Å². The average molecular weight is 437 g/mol. The number of rotatable bonds is 9. The van der Waals surface area contributed by atoms with E-state index in [-0.39, 0.29) is 24.5 Å². The molecule has 1 saturated carbocycles. The van der Waals surface area contributed by atoms with Gasteiger partial charge in [-0.3, -0.25) is 9.59 Å². The van der Waals surface area contributed by atoms with Crippen LogP contribution in [0.5, 0.6) is 5.75 Å². The highest BCUT2D eigenvalue weighted by Crippen LogP contribution is 2.33. The average Bonchev–Trinajstić information content (AvgIpc) is 3.65. The molecule has 2 fully saturated rings. The molecule has 1 aliphatic heterocycles. The Hall–Kier alpha value is -2.86. The van der Waals surface area contributed by atoms with Crippen molar-refractivity contribution in [2.24, 2.45) is 5.92 Å². The molecule has 1 unspecified atom stereocenters. The largest absolute Gasteiger partial charge is 0.497 e. The van der Waals surface area contributed by atoms with Crippen LogP contribution in [0.15, 0.2) is 54.6 Å². The van der Waals surface area contributed by atoms with Crippen LogP contribution in [0.1, 0.15) is 30.4 Å². The number of hydrogen-bond acceptors (Lipinski definition) is 4. The van der Waals surface area contributed by atoms with Crippen molar-refractivity contribution in [2.75, 3.05) is 33.3 Å². The Balaban J connectivity index is 1.43. The molecule has 1 aliphatic carbocycles. The molecule has 0 spiro atoms. The fourth-order valence-electron chi connectivity index (χ4n) is 4.07. The molecule has 2 aromatic carbocycles. The summed E-state index contributed by atoms with van der Waals surface area (Å²) in [7, 11) is 1.64. The molecule has 0 radical (unpaired) electrons. The molecule has 32 heavy (non-hydrogen) atoms. The van der Waals surface area contributed by atoms with Crippen molar-refractivity contribution >= 4 is 11.8 Å². The van der Waals surface area contributed by atoms with E-state index >= 15 is 0 Å². The van der Waals surface area contributed by atoms with Crippen molar-refractivity contribution in [1.82, 2.24) is 9.80 Å². The number of carbonyl (C=O) groups is 2. The Kier molecular flexibility index (Phi) is 7.43. The maximum atomic E-state index is 13.0. The minimum Gasteiger partial charge on any atom is -0.497 e. The van der Waals surface area contributed by atoms with E-state index in [9.17, 15) is 9.59 Å². The van der Waals surface area contributed by atoms with Crippen LogP contribution in [-0.4, -0.2) is 61.0 Å². The molecule has 2 amide bonds. The third-order valence-electron chi connectivity index (χ3n) is 6.17. The van der Waals surface area contributed by atoms with E-state index in [1.807, 2.05) is 47.4 Å². The van der Waals surface area contributed by atoms with Gasteiger partial charge in [-0.15, -0.1) is 0 Å². The summed E-state index contributed by atoms with van der Waals surface area (Å²) in [6, 6.07) is 17.9. The molecule has 170 valence electrons. The fraction of sp³-hybridized carbons (Fsp3) is 0.462. The minimum atomic E-state index is -0.230. The molecule has 1 heterocycles. The van der Waals surface area contributed by atoms with Crippen molar-refractivity contribution < 1.29 is 19.1 Å². The molecule has 2 aromatic rings. The first-order chi connectivity index (χ1) is 15.6. The van der Waals surface area contributed by atoms with Crippen LogP contribution in [0, 0.1) is 5.92 Å². The van der Waals surface area contributed by atoms with Gasteiger partial charge >= 0.3 is 0 Å². The molecular formula is C26H32N2O4. The molecule has 4 rings (SSSR count). The summed E-state index contributed by atoms with van der Waals surface area (Å²) in [5, 5.41) is 0. The van der Waals surface area contributed by atoms with E-state index in [2.05, 4.69) is 12.1 Å². The third kappa shape index (κ3) is 6.33. The maximum absolute atomic E-state index is 13.0. The molecule has 6 nitrogen and oxygen atoms in total. The first kappa shape index (κ1) is 22.3. The fourth-order valence-corrected chi connectivity index (χ4v) is 4.07. The lowest BCUT2D eigenvalue weighted by Crippen LogP contribution is -2.40. The molecule has 2 aliphatic rings. The van der Waals surface area contributed by atoms with Crippen LogP contribution in [0.2, 0.25) is 0 Å². The van der Waals surface area contributed by atoms with Crippen molar-refractivity contribution in [2.45, 2.75) is 38.4 Å². The lowest BCUT2D eigenvalue weighted by molar-refractivity contribution is -0.139. The van der Waals surface area contributed by atoms with Gasteiger partial charge in [0.15, 0.2) is 0 Å². The molecule has 1 atom stereocenters. The van der Waals surface area contributed by atoms with Gasteiger partial charge in [0, 0.05) is 26.1 Å². The zero-order chi connectivity index (χ0) is 22.3. The van der Waals surface area contributed by atoms with Crippen LogP contribution in [-0.2, 0) is 27.4 Å². The number of nitrogens with zero attached hydrogens (tertiary/aromatic N) is 2. The molecule has 0 aromatic heterocycles. The second kappa shape index (κ2) is 10.6. The van der Waals surface area contributed by atoms with E-state index in [1.165, 1.54) is 5.56 Å². The molecule has 6 heteroatoms. The van der Waals surface area contributed by atoms with Gasteiger partial charge in [-0.1, -0.05) is 42.5 Å². The number of methoxy groups -OCH3 is 1. The van der Waals surface area contributed by atoms with Gasteiger partial charge in [0.2, 0.25) is 11.8 Å². The summed E-state index contributed by atoms with van der Waals surface area (Å²) in [5.41, 5.74) is 2.20. The standard InChI is InChI=1S/C26H32N2O4/c1-31-23-9-5-8-22(14-23)19-32-24-16-27(13-12-20-6-3-2-4-7-20)26(30)18-28(17-24)25(29)15-21-10-11-21/h2-9,14,21,24H,10-13,15-19H2,1H3. The van der Waals surface area contributed by atoms with E-state index in [0.717, 1.165) is 30.6 Å². The van der Waals surface area contributed by atoms with Crippen LogP contribution in [0.25, 0.3) is 0 Å². The van der Waals surface area contributed by atoms with Gasteiger partial charge < -0.3 is 19.3 Å². The second-order valence-corrected chi connectivity index (χ2v) is 8.78. The Bertz CT molecular complexity index is 913. The lowest BCUT2D eigenvalue weighted by Gasteiger charge is -2.25. The van der Waals surface area contributed by atoms with Gasteiger partial charge in [-0.05, 0) is 48.4 Å². The summed E-state index contributed by atoms with van der Waals surface area (Å²) in [6.45, 7) is 2.10. The van der Waals surface area contributed by atoms with E-state index in [0.29, 0.717) is 38.6 Å². The summed E-state index contributed by atoms with van der Waals surface area (Å²) < 4.78 is 11.5. The van der Waals surface area contributed by atoms with Crippen LogP contribution in [0.3, 0.4) is 0 Å². The topological polar surface area (TPSA) is 59.1 Å². The van der Waals surface area contributed by atoms with Gasteiger partial charge in [-0.25, -0.2) is 0 Å². The summed E-state index contributed by atoms with van der Waals surface area (Å²) in [5.74, 6) is 1.34. The third-order valence-corrected chi connectivity index (χ3v) is 6.17. The molecule has 1 saturated heterocycles. The van der Waals surface area contributed by atoms with Crippen LogP contribution >= 0.6 is 0 Å². The molecular weight excluding hydrogens is 404 g/mol. The van der Waals surface area contributed by atoms with Crippen LogP contribution in [0.4, 0.5) is 0 Å². The number of ether oxygens (including phenoxy) is 2. The molecule has 0 bridgehead atoms. The zero-order valence-corrected chi connectivity index (χ0v) is 18.7. The van der Waals surface area contributed by atoms with Crippen molar-refractivity contribution in [3.63, 3.8) is 0 Å². The normalized spacial score (nSPS) is 19.0. The van der Waals surface area contributed by atoms with Gasteiger partial charge in [0.05, 0.1) is 26.4 Å². The summed E-state index contributed by atoms with van der Waals surface area (Å²) in [4.78, 5) is 29.4. The first-order valence-corrected chi connectivity index (χ1v) is 11.4. The number of hydrogen-bond donors (Lipinski definition) is 0. The van der Waals surface area contributed by atoms with E-state index in [4.69, 9.17) is 9.47 Å². The quantitative estimate of drug-likeness (QED) is 0.605. The highest BCUT2D eigenvalue weighted by atomic mass is 16.5. The van der Waals surface area contributed by atoms with Crippen molar-refractivity contribution in [3.8, 4) is 5.75 Å². The predicted octanol–water partition coefficient (Wildman–Crippen LogP) is 3.29. The van der Waals surface area contributed by atoms with Crippen molar-refractivity contribution in [3.05, 3.63) is 65.7 Å². The number of carbonyl (C=O) groups excluding carboxylic acids is 2. The van der Waals surface area contributed by atoms with Gasteiger partial charge in [-0.2, -0.15) is 0 Å². The second-order valence-electron chi connectivity index (χ2n) is 8.78. The minimum absolute atomic E-state index is 0.00226. The van der Waals surface area contributed by atoms with E-state index in [1.54, 1.807) is 12.0 Å². The Morgan fingerprint density at radius 3 is 2.56 bits per heavy atom. The SMILES string of the molecule is COc1cccc(COC2CN(CCc3ccccc3)C(=O)CN(C(=O)CC3CC3)C2)c1. The monoisotopic (exact) mass is 436 g/mol. The number of benzene rings is 2. The van der Waals surface area contributed by atoms with Gasteiger partial charge in [0.25, 0.3) is 0 Å². The summed E-state index contributed by atoms with van der Waals surface area (Å²) in [6.07, 6.45) is 3.33. The zero-order valence-electron chi connectivity index (χ0n) is 18.7. The molecule has 0 N–H and O–H groups in total. The Morgan fingerprint density at radius 1 is 1.03 bits per heavy atom. The predicted molar refractivity (Wildman–Crippen MR) is 122 cm³/mol. The summed E-state index contributed by atoms with van der Waals surface area (Å²) >= 11 is 0. The maximum Gasteiger partial charge on any atom is 0.242 e.